The first-order valence-corrected chi connectivity index (χ1v) is 10.5. The number of para-hydroxylation sites is 1. The lowest BCUT2D eigenvalue weighted by Gasteiger charge is -2.32. The van der Waals surface area contributed by atoms with Gasteiger partial charge in [-0.3, -0.25) is 0 Å². The Bertz CT molecular complexity index is 1010. The van der Waals surface area contributed by atoms with Crippen molar-refractivity contribution < 1.29 is 9.47 Å². The van der Waals surface area contributed by atoms with Gasteiger partial charge < -0.3 is 19.3 Å². The number of morpholine rings is 2. The second-order valence-electron chi connectivity index (χ2n) is 7.40. The van der Waals surface area contributed by atoms with Crippen LogP contribution in [0.1, 0.15) is 0 Å². The zero-order chi connectivity index (χ0) is 19.6. The number of benzene rings is 2. The van der Waals surface area contributed by atoms with Crippen molar-refractivity contribution in [2.45, 2.75) is 0 Å². The average Bonchev–Trinajstić information content (AvgIpc) is 2.79. The molecule has 0 spiro atoms. The molecule has 0 atom stereocenters. The summed E-state index contributed by atoms with van der Waals surface area (Å²) in [4.78, 5) is 9.78. The first-order chi connectivity index (χ1) is 14.3. The zero-order valence-corrected chi connectivity index (χ0v) is 17.1. The normalized spacial score (nSPS) is 17.7. The third-order valence-corrected chi connectivity index (χ3v) is 5.87. The summed E-state index contributed by atoms with van der Waals surface area (Å²) in [5, 5.41) is 1.90. The van der Waals surface area contributed by atoms with Crippen LogP contribution in [0.15, 0.2) is 48.5 Å². The number of anilines is 2. The van der Waals surface area contributed by atoms with Crippen molar-refractivity contribution >= 4 is 33.9 Å². The minimum Gasteiger partial charge on any atom is -0.378 e. The van der Waals surface area contributed by atoms with Crippen LogP contribution in [0.4, 0.5) is 11.4 Å². The van der Waals surface area contributed by atoms with Crippen LogP contribution < -0.4 is 9.80 Å². The Balaban J connectivity index is 1.66. The molecule has 0 aliphatic carbocycles. The van der Waals surface area contributed by atoms with E-state index in [0.29, 0.717) is 0 Å². The summed E-state index contributed by atoms with van der Waals surface area (Å²) in [5.41, 5.74) is 5.39. The number of nitrogens with zero attached hydrogens (tertiary/aromatic N) is 3. The van der Waals surface area contributed by atoms with Gasteiger partial charge in [0.05, 0.1) is 37.6 Å². The number of rotatable bonds is 3. The van der Waals surface area contributed by atoms with Crippen LogP contribution >= 0.6 is 11.6 Å². The predicted octanol–water partition coefficient (Wildman–Crippen LogP) is 4.23. The van der Waals surface area contributed by atoms with Crippen LogP contribution in [0.2, 0.25) is 5.02 Å². The van der Waals surface area contributed by atoms with E-state index in [4.69, 9.17) is 26.1 Å². The number of hydrogen-bond acceptors (Lipinski definition) is 5. The number of halogens is 1. The van der Waals surface area contributed by atoms with Gasteiger partial charge in [0.1, 0.15) is 0 Å². The molecule has 5 rings (SSSR count). The molecule has 2 aromatic carbocycles. The van der Waals surface area contributed by atoms with Crippen LogP contribution in [-0.4, -0.2) is 57.6 Å². The number of pyridine rings is 1. The summed E-state index contributed by atoms with van der Waals surface area (Å²) >= 11 is 6.41. The molecule has 3 aromatic rings. The van der Waals surface area contributed by atoms with E-state index in [2.05, 4.69) is 40.1 Å². The van der Waals surface area contributed by atoms with Crippen molar-refractivity contribution in [3.63, 3.8) is 0 Å². The van der Waals surface area contributed by atoms with E-state index in [1.165, 1.54) is 11.1 Å². The standard InChI is InChI=1S/C23H24ClN3O2/c24-17-5-6-22(26-7-11-28-12-8-26)19(15-17)21-16-23(27-9-13-29-14-10-27)18-3-1-2-4-20(18)25-21/h1-6,15-16H,7-14H2. The minimum absolute atomic E-state index is 0.722. The second kappa shape index (κ2) is 8.19. The summed E-state index contributed by atoms with van der Waals surface area (Å²) in [6.07, 6.45) is 0. The molecular formula is C23H24ClN3O2. The smallest absolute Gasteiger partial charge is 0.0751 e. The third kappa shape index (κ3) is 3.78. The minimum atomic E-state index is 0.722. The fraction of sp³-hybridized carbons (Fsp3) is 0.348. The Labute approximate surface area is 175 Å². The van der Waals surface area contributed by atoms with Crippen LogP contribution in [0.25, 0.3) is 22.2 Å². The molecule has 0 radical (unpaired) electrons. The highest BCUT2D eigenvalue weighted by molar-refractivity contribution is 6.31. The fourth-order valence-electron chi connectivity index (χ4n) is 4.15. The first-order valence-electron chi connectivity index (χ1n) is 10.1. The van der Waals surface area contributed by atoms with Crippen LogP contribution in [0, 0.1) is 0 Å². The van der Waals surface area contributed by atoms with Crippen LogP contribution in [0.3, 0.4) is 0 Å². The highest BCUT2D eigenvalue weighted by Gasteiger charge is 2.20. The Morgan fingerprint density at radius 2 is 1.41 bits per heavy atom. The monoisotopic (exact) mass is 409 g/mol. The van der Waals surface area contributed by atoms with Crippen molar-refractivity contribution in [2.75, 3.05) is 62.4 Å². The van der Waals surface area contributed by atoms with Gasteiger partial charge in [0, 0.05) is 53.5 Å². The summed E-state index contributed by atoms with van der Waals surface area (Å²) in [6, 6.07) is 16.7. The molecule has 0 amide bonds. The largest absolute Gasteiger partial charge is 0.378 e. The zero-order valence-electron chi connectivity index (χ0n) is 16.3. The van der Waals surface area contributed by atoms with Crippen molar-refractivity contribution in [2.24, 2.45) is 0 Å². The van der Waals surface area contributed by atoms with Gasteiger partial charge in [-0.2, -0.15) is 0 Å². The molecule has 6 heteroatoms. The molecule has 150 valence electrons. The molecule has 5 nitrogen and oxygen atoms in total. The molecule has 1 aromatic heterocycles. The molecule has 0 unspecified atom stereocenters. The van der Waals surface area contributed by atoms with E-state index >= 15 is 0 Å². The molecule has 3 heterocycles. The lowest BCUT2D eigenvalue weighted by Crippen LogP contribution is -2.36. The third-order valence-electron chi connectivity index (χ3n) is 5.63. The predicted molar refractivity (Wildman–Crippen MR) is 118 cm³/mol. The molecule has 29 heavy (non-hydrogen) atoms. The highest BCUT2D eigenvalue weighted by Crippen LogP contribution is 2.37. The Morgan fingerprint density at radius 1 is 0.759 bits per heavy atom. The lowest BCUT2D eigenvalue weighted by molar-refractivity contribution is 0.122. The molecule has 2 aliphatic rings. The van der Waals surface area contributed by atoms with Crippen LogP contribution in [-0.2, 0) is 9.47 Å². The van der Waals surface area contributed by atoms with Crippen molar-refractivity contribution in [1.29, 1.82) is 0 Å². The van der Waals surface area contributed by atoms with E-state index in [1.807, 2.05) is 18.2 Å². The first kappa shape index (κ1) is 18.7. The van der Waals surface area contributed by atoms with E-state index in [9.17, 15) is 0 Å². The van der Waals surface area contributed by atoms with E-state index < -0.39 is 0 Å². The summed E-state index contributed by atoms with van der Waals surface area (Å²) in [6.45, 7) is 6.51. The fourth-order valence-corrected chi connectivity index (χ4v) is 4.33. The molecule has 2 aliphatic heterocycles. The average molecular weight is 410 g/mol. The number of fused-ring (bicyclic) bond motifs is 1. The molecule has 0 saturated carbocycles. The quantitative estimate of drug-likeness (QED) is 0.647. The van der Waals surface area contributed by atoms with E-state index in [1.54, 1.807) is 0 Å². The molecule has 0 N–H and O–H groups in total. The topological polar surface area (TPSA) is 37.8 Å². The van der Waals surface area contributed by atoms with Gasteiger partial charge in [-0.1, -0.05) is 29.8 Å². The maximum Gasteiger partial charge on any atom is 0.0751 e. The van der Waals surface area contributed by atoms with Gasteiger partial charge in [0.25, 0.3) is 0 Å². The van der Waals surface area contributed by atoms with Crippen molar-refractivity contribution in [1.82, 2.24) is 4.98 Å². The Morgan fingerprint density at radius 3 is 2.14 bits per heavy atom. The molecule has 2 saturated heterocycles. The maximum absolute atomic E-state index is 6.41. The van der Waals surface area contributed by atoms with Gasteiger partial charge in [-0.25, -0.2) is 4.98 Å². The Hall–Kier alpha value is -2.34. The van der Waals surface area contributed by atoms with E-state index in [0.717, 1.165) is 80.1 Å². The van der Waals surface area contributed by atoms with Gasteiger partial charge in [-0.05, 0) is 30.3 Å². The molecule has 0 bridgehead atoms. The van der Waals surface area contributed by atoms with Crippen molar-refractivity contribution in [3.05, 3.63) is 53.6 Å². The number of ether oxygens (including phenoxy) is 2. The molecular weight excluding hydrogens is 386 g/mol. The van der Waals surface area contributed by atoms with Gasteiger partial charge in [-0.15, -0.1) is 0 Å². The molecule has 2 fully saturated rings. The van der Waals surface area contributed by atoms with Gasteiger partial charge >= 0.3 is 0 Å². The van der Waals surface area contributed by atoms with Crippen LogP contribution in [0.5, 0.6) is 0 Å². The second-order valence-corrected chi connectivity index (χ2v) is 7.84. The summed E-state index contributed by atoms with van der Waals surface area (Å²) in [7, 11) is 0. The van der Waals surface area contributed by atoms with Gasteiger partial charge in [0.15, 0.2) is 0 Å². The Kier molecular flexibility index (Phi) is 5.27. The SMILES string of the molecule is Clc1ccc(N2CCOCC2)c(-c2cc(N3CCOCC3)c3ccccc3n2)c1. The number of aromatic nitrogens is 1. The van der Waals surface area contributed by atoms with E-state index in [-0.39, 0.29) is 0 Å². The van der Waals surface area contributed by atoms with Gasteiger partial charge in [0.2, 0.25) is 0 Å². The number of hydrogen-bond donors (Lipinski definition) is 0. The lowest BCUT2D eigenvalue weighted by atomic mass is 10.0. The summed E-state index contributed by atoms with van der Waals surface area (Å²) in [5.74, 6) is 0. The van der Waals surface area contributed by atoms with Crippen molar-refractivity contribution in [3.8, 4) is 11.3 Å². The highest BCUT2D eigenvalue weighted by atomic mass is 35.5. The maximum atomic E-state index is 6.41. The summed E-state index contributed by atoms with van der Waals surface area (Å²) < 4.78 is 11.1.